The van der Waals surface area contributed by atoms with E-state index >= 15 is 0 Å². The summed E-state index contributed by atoms with van der Waals surface area (Å²) in [6, 6.07) is 32.1. The van der Waals surface area contributed by atoms with Crippen molar-refractivity contribution in [3.05, 3.63) is 119 Å². The lowest BCUT2D eigenvalue weighted by molar-refractivity contribution is -0.253. The molecule has 336 valence electrons. The summed E-state index contributed by atoms with van der Waals surface area (Å²) in [5.74, 6) is -0.146. The molecule has 1 aliphatic rings. The lowest BCUT2D eigenvalue weighted by Crippen LogP contribution is -2.40. The molecular weight excluding hydrogens is 773 g/mol. The molecule has 4 aromatic rings. The van der Waals surface area contributed by atoms with E-state index in [9.17, 15) is 14.7 Å². The number of aliphatic hydroxyl groups is 1. The Bertz CT molecular complexity index is 1890. The fraction of sp³-hybridized carbons (Fsp3) is 0.509. The van der Waals surface area contributed by atoms with Crippen LogP contribution in [0.2, 0.25) is 0 Å². The minimum atomic E-state index is -0.536. The van der Waals surface area contributed by atoms with E-state index in [-0.39, 0.29) is 30.6 Å². The molecule has 0 spiro atoms. The number of nitrogens with two attached hydrogens (primary N) is 1. The molecule has 2 amide bonds. The number of rotatable bonds is 28. The molecule has 0 aliphatic carbocycles. The summed E-state index contributed by atoms with van der Waals surface area (Å²) in [6.07, 6.45) is 17.4. The number of hydrogen-bond donors (Lipinski definition) is 4. The van der Waals surface area contributed by atoms with Crippen molar-refractivity contribution < 1.29 is 24.2 Å². The Labute approximate surface area is 372 Å². The van der Waals surface area contributed by atoms with Gasteiger partial charge >= 0.3 is 0 Å². The van der Waals surface area contributed by atoms with Crippen LogP contribution in [0.4, 0.5) is 11.4 Å². The van der Waals surface area contributed by atoms with Crippen LogP contribution in [-0.4, -0.2) is 47.6 Å². The maximum absolute atomic E-state index is 12.8. The molecule has 1 fully saturated rings. The fourth-order valence-electron chi connectivity index (χ4n) is 8.26. The molecule has 0 saturated carbocycles. The van der Waals surface area contributed by atoms with Crippen molar-refractivity contribution in [1.29, 1.82) is 0 Å². The molecule has 0 bridgehead atoms. The predicted octanol–water partition coefficient (Wildman–Crippen LogP) is 11.8. The van der Waals surface area contributed by atoms with Crippen LogP contribution in [0.15, 0.2) is 97.1 Å². The molecule has 9 nitrogen and oxygen atoms in total. The Morgan fingerprint density at radius 3 is 1.97 bits per heavy atom. The molecule has 5 rings (SSSR count). The smallest absolute Gasteiger partial charge is 0.224 e. The molecule has 1 aliphatic heterocycles. The van der Waals surface area contributed by atoms with E-state index in [1.807, 2.05) is 36.4 Å². The molecule has 3 atom stereocenters. The van der Waals surface area contributed by atoms with Crippen LogP contribution in [-0.2, 0) is 32.2 Å². The van der Waals surface area contributed by atoms with E-state index in [4.69, 9.17) is 15.2 Å². The second-order valence-corrected chi connectivity index (χ2v) is 17.1. The predicted molar refractivity (Wildman–Crippen MR) is 253 cm³/mol. The van der Waals surface area contributed by atoms with E-state index in [2.05, 4.69) is 77.9 Å². The molecule has 4 aromatic carbocycles. The van der Waals surface area contributed by atoms with Gasteiger partial charge in [-0.1, -0.05) is 151 Å². The summed E-state index contributed by atoms with van der Waals surface area (Å²) in [5, 5.41) is 15.6. The molecule has 62 heavy (non-hydrogen) atoms. The van der Waals surface area contributed by atoms with Crippen molar-refractivity contribution in [3.63, 3.8) is 0 Å². The molecule has 3 unspecified atom stereocenters. The Morgan fingerprint density at radius 2 is 1.29 bits per heavy atom. The van der Waals surface area contributed by atoms with Gasteiger partial charge in [0.25, 0.3) is 0 Å². The van der Waals surface area contributed by atoms with Gasteiger partial charge in [0.1, 0.15) is 0 Å². The van der Waals surface area contributed by atoms with Gasteiger partial charge in [-0.3, -0.25) is 9.59 Å². The van der Waals surface area contributed by atoms with E-state index in [1.54, 1.807) is 12.1 Å². The third-order valence-corrected chi connectivity index (χ3v) is 11.9. The maximum Gasteiger partial charge on any atom is 0.224 e. The first kappa shape index (κ1) is 48.5. The molecule has 0 aromatic heterocycles. The number of carbonyl (C=O) groups excluding carboxylic acids is 2. The summed E-state index contributed by atoms with van der Waals surface area (Å²) in [6.45, 7) is 8.05. The molecule has 9 heteroatoms. The standard InChI is InChI=1S/C53H74N4O5/c1-3-5-7-9-11-17-33-57(34-18-12-10-8-6-4-2)39-47-37-50(43-31-29-41(40-58)30-32-43)62-53(61-47)46-24-20-23-45(36-46)44-22-19-21-42(35-44)38-55-51(59)27-15-16-28-52(60)56-49-26-14-13-25-48(49)54/h13-14,19-26,29-32,35-36,47,50,53,58H,3-12,15-18,27-28,33-34,37-40,54H2,1-2H3,(H,55,59)(H,56,60). The lowest BCUT2D eigenvalue weighted by Gasteiger charge is -2.38. The van der Waals surface area contributed by atoms with Crippen LogP contribution in [0.25, 0.3) is 11.1 Å². The van der Waals surface area contributed by atoms with Gasteiger partial charge in [-0.2, -0.15) is 0 Å². The number of anilines is 2. The first-order valence-electron chi connectivity index (χ1n) is 23.7. The maximum atomic E-state index is 12.8. The van der Waals surface area contributed by atoms with E-state index in [0.29, 0.717) is 43.6 Å². The van der Waals surface area contributed by atoms with Gasteiger partial charge < -0.3 is 35.8 Å². The topological polar surface area (TPSA) is 126 Å². The van der Waals surface area contributed by atoms with Crippen LogP contribution in [0.5, 0.6) is 0 Å². The number of nitrogens with zero attached hydrogens (tertiary/aromatic N) is 1. The SMILES string of the molecule is CCCCCCCCN(CCCCCCCC)CC1CC(c2ccc(CO)cc2)OC(c2cccc(-c3cccc(CNC(=O)CCCCC(=O)Nc4ccccc4N)c3)c2)O1. The number of ether oxygens (including phenoxy) is 2. The van der Waals surface area contributed by atoms with E-state index in [1.165, 1.54) is 77.0 Å². The van der Waals surface area contributed by atoms with Crippen LogP contribution >= 0.6 is 0 Å². The number of aliphatic hydroxyl groups excluding tert-OH is 1. The molecule has 5 N–H and O–H groups in total. The van der Waals surface area contributed by atoms with Gasteiger partial charge in [-0.25, -0.2) is 0 Å². The first-order chi connectivity index (χ1) is 30.3. The van der Waals surface area contributed by atoms with E-state index < -0.39 is 6.29 Å². The number of amides is 2. The normalized spacial score (nSPS) is 16.4. The highest BCUT2D eigenvalue weighted by Crippen LogP contribution is 2.39. The van der Waals surface area contributed by atoms with E-state index in [0.717, 1.165) is 59.4 Å². The van der Waals surface area contributed by atoms with Crippen molar-refractivity contribution in [1.82, 2.24) is 10.2 Å². The summed E-state index contributed by atoms with van der Waals surface area (Å²) in [7, 11) is 0. The third-order valence-electron chi connectivity index (χ3n) is 11.9. The van der Waals surface area contributed by atoms with Gasteiger partial charge in [0.15, 0.2) is 6.29 Å². The molecular formula is C53H74N4O5. The quantitative estimate of drug-likeness (QED) is 0.0331. The van der Waals surface area contributed by atoms with Crippen molar-refractivity contribution >= 4 is 23.2 Å². The first-order valence-corrected chi connectivity index (χ1v) is 23.7. The van der Waals surface area contributed by atoms with Gasteiger partial charge in [0.05, 0.1) is 30.2 Å². The highest BCUT2D eigenvalue weighted by Gasteiger charge is 2.33. The average molecular weight is 847 g/mol. The number of para-hydroxylation sites is 2. The molecule has 1 saturated heterocycles. The van der Waals surface area contributed by atoms with Crippen LogP contribution in [0.1, 0.15) is 158 Å². The summed E-state index contributed by atoms with van der Waals surface area (Å²) in [5.41, 5.74) is 13.2. The van der Waals surface area contributed by atoms with Crippen LogP contribution < -0.4 is 16.4 Å². The summed E-state index contributed by atoms with van der Waals surface area (Å²) in [4.78, 5) is 27.8. The summed E-state index contributed by atoms with van der Waals surface area (Å²) < 4.78 is 13.7. The van der Waals surface area contributed by atoms with Crippen LogP contribution in [0, 0.1) is 0 Å². The second kappa shape index (κ2) is 27.5. The Balaban J connectivity index is 1.20. The largest absolute Gasteiger partial charge is 0.397 e. The number of carbonyl (C=O) groups is 2. The monoisotopic (exact) mass is 847 g/mol. The number of hydrogen-bond acceptors (Lipinski definition) is 7. The van der Waals surface area contributed by atoms with Gasteiger partial charge in [-0.15, -0.1) is 0 Å². The fourth-order valence-corrected chi connectivity index (χ4v) is 8.26. The second-order valence-electron chi connectivity index (χ2n) is 17.1. The number of nitrogen functional groups attached to an aromatic ring is 1. The van der Waals surface area contributed by atoms with Gasteiger partial charge in [0.2, 0.25) is 11.8 Å². The Hall–Kier alpha value is -4.54. The average Bonchev–Trinajstić information content (AvgIpc) is 3.30. The van der Waals surface area contributed by atoms with Crippen molar-refractivity contribution in [2.45, 2.75) is 155 Å². The minimum Gasteiger partial charge on any atom is -0.397 e. The zero-order chi connectivity index (χ0) is 43.8. The van der Waals surface area contributed by atoms with Crippen molar-refractivity contribution in [2.24, 2.45) is 0 Å². The number of nitrogens with one attached hydrogen (secondary N) is 2. The molecule has 0 radical (unpaired) electrons. The Kier molecular flexibility index (Phi) is 21.5. The number of benzene rings is 4. The molecule has 1 heterocycles. The third kappa shape index (κ3) is 17.0. The van der Waals surface area contributed by atoms with Gasteiger partial charge in [0, 0.05) is 37.9 Å². The Morgan fingerprint density at radius 1 is 0.661 bits per heavy atom. The van der Waals surface area contributed by atoms with Gasteiger partial charge in [-0.05, 0) is 90.9 Å². The van der Waals surface area contributed by atoms with Crippen molar-refractivity contribution in [2.75, 3.05) is 30.7 Å². The highest BCUT2D eigenvalue weighted by atomic mass is 16.7. The zero-order valence-corrected chi connectivity index (χ0v) is 37.6. The summed E-state index contributed by atoms with van der Waals surface area (Å²) >= 11 is 0. The minimum absolute atomic E-state index is 0.00198. The number of unbranched alkanes of at least 4 members (excludes halogenated alkanes) is 11. The van der Waals surface area contributed by atoms with Crippen molar-refractivity contribution in [3.8, 4) is 11.1 Å². The lowest BCUT2D eigenvalue weighted by atomic mass is 9.98. The highest BCUT2D eigenvalue weighted by molar-refractivity contribution is 5.93. The zero-order valence-electron chi connectivity index (χ0n) is 37.6. The van der Waals surface area contributed by atoms with Crippen LogP contribution in [0.3, 0.4) is 0 Å².